The van der Waals surface area contributed by atoms with E-state index in [0.29, 0.717) is 10.9 Å². The van der Waals surface area contributed by atoms with Crippen molar-refractivity contribution in [3.8, 4) is 0 Å². The SMILES string of the molecule is O=C1NC(=O)N(C2CCCC2)C(=O)/C1=C/c1ccc(Sc2ccccc2)o1. The number of barbiturate groups is 1. The summed E-state index contributed by atoms with van der Waals surface area (Å²) in [5, 5.41) is 2.92. The van der Waals surface area contributed by atoms with Crippen LogP contribution in [0.1, 0.15) is 31.4 Å². The van der Waals surface area contributed by atoms with E-state index in [1.807, 2.05) is 30.3 Å². The number of hydrogen-bond acceptors (Lipinski definition) is 5. The first-order valence-electron chi connectivity index (χ1n) is 8.85. The molecule has 2 fully saturated rings. The molecule has 0 bridgehead atoms. The Hall–Kier alpha value is -2.80. The van der Waals surface area contributed by atoms with Gasteiger partial charge in [-0.2, -0.15) is 0 Å². The summed E-state index contributed by atoms with van der Waals surface area (Å²) in [5.74, 6) is -0.843. The quantitative estimate of drug-likeness (QED) is 0.642. The van der Waals surface area contributed by atoms with E-state index in [4.69, 9.17) is 4.42 Å². The normalized spacial score (nSPS) is 19.8. The first-order valence-corrected chi connectivity index (χ1v) is 9.67. The fraction of sp³-hybridized carbons (Fsp3) is 0.250. The standard InChI is InChI=1S/C20H18N2O4S/c23-18-16(19(24)22(20(25)21-18)13-6-4-5-7-13)12-14-10-11-17(26-14)27-15-8-2-1-3-9-15/h1-3,8-13H,4-7H2,(H,21,23,25)/b16-12+. The number of benzene rings is 1. The molecule has 1 aromatic heterocycles. The summed E-state index contributed by atoms with van der Waals surface area (Å²) in [6, 6.07) is 12.5. The number of rotatable bonds is 4. The summed E-state index contributed by atoms with van der Waals surface area (Å²) in [7, 11) is 0. The number of carbonyl (C=O) groups is 3. The van der Waals surface area contributed by atoms with Gasteiger partial charge in [-0.25, -0.2) is 4.79 Å². The summed E-state index contributed by atoms with van der Waals surface area (Å²) in [4.78, 5) is 39.3. The van der Waals surface area contributed by atoms with E-state index < -0.39 is 17.8 Å². The molecule has 1 saturated heterocycles. The molecule has 1 aliphatic heterocycles. The molecule has 4 rings (SSSR count). The summed E-state index contributed by atoms with van der Waals surface area (Å²) in [6.45, 7) is 0. The van der Waals surface area contributed by atoms with Crippen molar-refractivity contribution < 1.29 is 18.8 Å². The molecule has 1 N–H and O–H groups in total. The number of carbonyl (C=O) groups excluding carboxylic acids is 3. The molecule has 27 heavy (non-hydrogen) atoms. The van der Waals surface area contributed by atoms with Crippen molar-refractivity contribution in [2.24, 2.45) is 0 Å². The first kappa shape index (κ1) is 17.6. The Labute approximate surface area is 160 Å². The van der Waals surface area contributed by atoms with Gasteiger partial charge in [0.05, 0.1) is 0 Å². The van der Waals surface area contributed by atoms with Gasteiger partial charge in [-0.05, 0) is 43.2 Å². The second kappa shape index (κ2) is 7.44. The maximum Gasteiger partial charge on any atom is 0.331 e. The average molecular weight is 382 g/mol. The third-order valence-corrected chi connectivity index (χ3v) is 5.60. The molecule has 138 valence electrons. The molecule has 0 radical (unpaired) electrons. The van der Waals surface area contributed by atoms with E-state index in [1.54, 1.807) is 12.1 Å². The summed E-state index contributed by atoms with van der Waals surface area (Å²) in [6.07, 6.45) is 4.92. The Morgan fingerprint density at radius 3 is 2.52 bits per heavy atom. The molecular weight excluding hydrogens is 364 g/mol. The lowest BCUT2D eigenvalue weighted by molar-refractivity contribution is -0.131. The Morgan fingerprint density at radius 2 is 1.78 bits per heavy atom. The number of hydrogen-bond donors (Lipinski definition) is 1. The molecule has 0 spiro atoms. The van der Waals surface area contributed by atoms with Gasteiger partial charge < -0.3 is 4.42 Å². The predicted molar refractivity (Wildman–Crippen MR) is 99.9 cm³/mol. The van der Waals surface area contributed by atoms with Gasteiger partial charge in [0.1, 0.15) is 11.3 Å². The van der Waals surface area contributed by atoms with E-state index in [9.17, 15) is 14.4 Å². The van der Waals surface area contributed by atoms with E-state index >= 15 is 0 Å². The summed E-state index contributed by atoms with van der Waals surface area (Å²) < 4.78 is 5.73. The molecule has 0 unspecified atom stereocenters. The van der Waals surface area contributed by atoms with Crippen molar-refractivity contribution >= 4 is 35.7 Å². The largest absolute Gasteiger partial charge is 0.450 e. The number of urea groups is 1. The van der Waals surface area contributed by atoms with Gasteiger partial charge in [-0.15, -0.1) is 0 Å². The molecule has 6 nitrogen and oxygen atoms in total. The molecule has 1 aliphatic carbocycles. The van der Waals surface area contributed by atoms with Gasteiger partial charge >= 0.3 is 6.03 Å². The molecule has 1 saturated carbocycles. The molecule has 7 heteroatoms. The number of amides is 4. The first-order chi connectivity index (χ1) is 13.1. The van der Waals surface area contributed by atoms with E-state index in [0.717, 1.165) is 30.6 Å². The molecule has 2 aromatic rings. The van der Waals surface area contributed by atoms with Crippen LogP contribution in [0.2, 0.25) is 0 Å². The Kier molecular flexibility index (Phi) is 4.85. The zero-order chi connectivity index (χ0) is 18.8. The zero-order valence-electron chi connectivity index (χ0n) is 14.5. The lowest BCUT2D eigenvalue weighted by Crippen LogP contribution is -2.57. The number of nitrogens with one attached hydrogen (secondary N) is 1. The highest BCUT2D eigenvalue weighted by molar-refractivity contribution is 7.99. The van der Waals surface area contributed by atoms with Crippen LogP contribution in [0.25, 0.3) is 6.08 Å². The van der Waals surface area contributed by atoms with Crippen molar-refractivity contribution in [2.45, 2.75) is 41.7 Å². The summed E-state index contributed by atoms with van der Waals surface area (Å²) in [5.41, 5.74) is -0.0767. The van der Waals surface area contributed by atoms with Crippen molar-refractivity contribution in [3.63, 3.8) is 0 Å². The topological polar surface area (TPSA) is 79.6 Å². The predicted octanol–water partition coefficient (Wildman–Crippen LogP) is 3.84. The van der Waals surface area contributed by atoms with Crippen LogP contribution in [-0.4, -0.2) is 28.8 Å². The van der Waals surface area contributed by atoms with Crippen LogP contribution < -0.4 is 5.32 Å². The summed E-state index contributed by atoms with van der Waals surface area (Å²) >= 11 is 1.45. The number of imide groups is 2. The van der Waals surface area contributed by atoms with Gasteiger partial charge in [-0.3, -0.25) is 19.8 Å². The van der Waals surface area contributed by atoms with Gasteiger partial charge in [0.25, 0.3) is 11.8 Å². The lowest BCUT2D eigenvalue weighted by Gasteiger charge is -2.30. The van der Waals surface area contributed by atoms with E-state index in [1.165, 1.54) is 22.7 Å². The Bertz CT molecular complexity index is 913. The highest BCUT2D eigenvalue weighted by Crippen LogP contribution is 2.31. The third kappa shape index (κ3) is 3.68. The lowest BCUT2D eigenvalue weighted by atomic mass is 10.1. The Morgan fingerprint density at radius 1 is 1.04 bits per heavy atom. The zero-order valence-corrected chi connectivity index (χ0v) is 15.3. The molecule has 4 amide bonds. The van der Waals surface area contributed by atoms with Crippen molar-refractivity contribution in [2.75, 3.05) is 0 Å². The van der Waals surface area contributed by atoms with Crippen LogP contribution in [-0.2, 0) is 9.59 Å². The minimum atomic E-state index is -0.687. The fourth-order valence-corrected chi connectivity index (χ4v) is 4.18. The van der Waals surface area contributed by atoms with Gasteiger partial charge in [-0.1, -0.05) is 42.8 Å². The van der Waals surface area contributed by atoms with Crippen LogP contribution >= 0.6 is 11.8 Å². The van der Waals surface area contributed by atoms with Crippen LogP contribution in [0.3, 0.4) is 0 Å². The Balaban J connectivity index is 1.56. The highest BCUT2D eigenvalue weighted by Gasteiger charge is 2.40. The second-order valence-corrected chi connectivity index (χ2v) is 7.58. The van der Waals surface area contributed by atoms with Crippen molar-refractivity contribution in [1.82, 2.24) is 10.2 Å². The van der Waals surface area contributed by atoms with Gasteiger partial charge in [0.15, 0.2) is 5.09 Å². The van der Waals surface area contributed by atoms with Crippen LogP contribution in [0, 0.1) is 0 Å². The maximum absolute atomic E-state index is 12.8. The smallest absolute Gasteiger partial charge is 0.331 e. The molecule has 1 aromatic carbocycles. The number of nitrogens with zero attached hydrogens (tertiary/aromatic N) is 1. The van der Waals surface area contributed by atoms with Crippen molar-refractivity contribution in [1.29, 1.82) is 0 Å². The highest BCUT2D eigenvalue weighted by atomic mass is 32.2. The van der Waals surface area contributed by atoms with E-state index in [2.05, 4.69) is 5.32 Å². The van der Waals surface area contributed by atoms with E-state index in [-0.39, 0.29) is 11.6 Å². The number of furan rings is 1. The van der Waals surface area contributed by atoms with Crippen LogP contribution in [0.5, 0.6) is 0 Å². The minimum absolute atomic E-state index is 0.0767. The average Bonchev–Trinajstić information content (AvgIpc) is 3.32. The van der Waals surface area contributed by atoms with Gasteiger partial charge in [0, 0.05) is 10.9 Å². The molecule has 0 atom stereocenters. The maximum atomic E-state index is 12.8. The third-order valence-electron chi connectivity index (χ3n) is 4.67. The van der Waals surface area contributed by atoms with Gasteiger partial charge in [0.2, 0.25) is 0 Å². The van der Waals surface area contributed by atoms with Crippen LogP contribution in [0.15, 0.2) is 62.4 Å². The molecule has 2 aliphatic rings. The fourth-order valence-electron chi connectivity index (χ4n) is 3.38. The van der Waals surface area contributed by atoms with Crippen molar-refractivity contribution in [3.05, 3.63) is 53.8 Å². The monoisotopic (exact) mass is 382 g/mol. The molecule has 2 heterocycles. The minimum Gasteiger partial charge on any atom is -0.450 e. The van der Waals surface area contributed by atoms with Crippen LogP contribution in [0.4, 0.5) is 4.79 Å². The molecular formula is C20H18N2O4S. The second-order valence-electron chi connectivity index (χ2n) is 6.50.